The molecular weight excluding hydrogens is 490 g/mol. The quantitative estimate of drug-likeness (QED) is 0.467. The van der Waals surface area contributed by atoms with Crippen LogP contribution in [0, 0.1) is 18.3 Å². The van der Waals surface area contributed by atoms with Crippen LogP contribution in [0.25, 0.3) is 10.9 Å². The van der Waals surface area contributed by atoms with Gasteiger partial charge in [-0.3, -0.25) is 9.62 Å². The third-order valence-electron chi connectivity index (χ3n) is 6.12. The fraction of sp³-hybridized carbons (Fsp3) is 0.348. The second kappa shape index (κ2) is 9.96. The van der Waals surface area contributed by atoms with Gasteiger partial charge in [0, 0.05) is 51.4 Å². The molecule has 0 unspecified atom stereocenters. The van der Waals surface area contributed by atoms with Crippen molar-refractivity contribution >= 4 is 36.6 Å². The summed E-state index contributed by atoms with van der Waals surface area (Å²) in [7, 11) is -6.10. The molecule has 3 aromatic rings. The van der Waals surface area contributed by atoms with Crippen LogP contribution >= 0.6 is 0 Å². The summed E-state index contributed by atoms with van der Waals surface area (Å²) in [5.41, 5.74) is 2.08. The Labute approximate surface area is 205 Å². The highest BCUT2D eigenvalue weighted by Gasteiger charge is 2.29. The van der Waals surface area contributed by atoms with E-state index >= 15 is 0 Å². The SMILES string of the molecule is COCCN1CCN(S(=O)(=O)c2ccc(S(=O)(=O)Nc3ccc(C)c4c(C#N)c[nH]c34)cc2)CC1. The summed E-state index contributed by atoms with van der Waals surface area (Å²) >= 11 is 0. The highest BCUT2D eigenvalue weighted by atomic mass is 32.2. The van der Waals surface area contributed by atoms with Gasteiger partial charge < -0.3 is 9.72 Å². The third kappa shape index (κ3) is 5.05. The smallest absolute Gasteiger partial charge is 0.261 e. The fourth-order valence-electron chi connectivity index (χ4n) is 4.15. The average molecular weight is 518 g/mol. The first-order chi connectivity index (χ1) is 16.7. The van der Waals surface area contributed by atoms with Crippen LogP contribution in [0.2, 0.25) is 0 Å². The van der Waals surface area contributed by atoms with Crippen LogP contribution in [-0.4, -0.2) is 77.5 Å². The minimum atomic E-state index is -4.00. The fourth-order valence-corrected chi connectivity index (χ4v) is 6.65. The number of hydrogen-bond donors (Lipinski definition) is 2. The molecule has 0 radical (unpaired) electrons. The minimum absolute atomic E-state index is 0.0440. The third-order valence-corrected chi connectivity index (χ3v) is 9.42. The van der Waals surface area contributed by atoms with Crippen molar-refractivity contribution in [1.82, 2.24) is 14.2 Å². The van der Waals surface area contributed by atoms with Gasteiger partial charge in [0.15, 0.2) is 0 Å². The second-order valence-electron chi connectivity index (χ2n) is 8.31. The van der Waals surface area contributed by atoms with Crippen molar-refractivity contribution in [1.29, 1.82) is 5.26 Å². The first-order valence-electron chi connectivity index (χ1n) is 11.0. The highest BCUT2D eigenvalue weighted by molar-refractivity contribution is 7.92. The molecule has 4 rings (SSSR count). The van der Waals surface area contributed by atoms with Crippen LogP contribution < -0.4 is 4.72 Å². The summed E-state index contributed by atoms with van der Waals surface area (Å²) in [6.45, 7) is 5.11. The van der Waals surface area contributed by atoms with Gasteiger partial charge in [-0.2, -0.15) is 9.57 Å². The number of nitrogens with one attached hydrogen (secondary N) is 2. The van der Waals surface area contributed by atoms with Gasteiger partial charge >= 0.3 is 0 Å². The summed E-state index contributed by atoms with van der Waals surface area (Å²) < 4.78 is 61.2. The van der Waals surface area contributed by atoms with E-state index in [1.165, 1.54) is 34.8 Å². The van der Waals surface area contributed by atoms with Crippen molar-refractivity contribution in [2.24, 2.45) is 0 Å². The topological polar surface area (TPSA) is 136 Å². The number of nitrogens with zero attached hydrogens (tertiary/aromatic N) is 3. The molecule has 186 valence electrons. The van der Waals surface area contributed by atoms with Gasteiger partial charge in [0.1, 0.15) is 6.07 Å². The van der Waals surface area contributed by atoms with Crippen molar-refractivity contribution in [3.05, 3.63) is 53.7 Å². The molecule has 12 heteroatoms. The molecule has 0 bridgehead atoms. The molecule has 35 heavy (non-hydrogen) atoms. The first-order valence-corrected chi connectivity index (χ1v) is 13.9. The minimum Gasteiger partial charge on any atom is -0.383 e. The maximum Gasteiger partial charge on any atom is 0.261 e. The number of aromatic nitrogens is 1. The van der Waals surface area contributed by atoms with Crippen LogP contribution in [0.15, 0.2) is 52.4 Å². The molecular formula is C23H27N5O5S2. The van der Waals surface area contributed by atoms with Gasteiger partial charge in [0.2, 0.25) is 10.0 Å². The summed E-state index contributed by atoms with van der Waals surface area (Å²) in [6, 6.07) is 10.6. The molecule has 1 saturated heterocycles. The number of piperazine rings is 1. The molecule has 0 amide bonds. The molecule has 0 aliphatic carbocycles. The van der Waals surface area contributed by atoms with Crippen LogP contribution in [0.4, 0.5) is 5.69 Å². The van der Waals surface area contributed by atoms with E-state index < -0.39 is 20.0 Å². The lowest BCUT2D eigenvalue weighted by Crippen LogP contribution is -2.49. The Morgan fingerprint density at radius 3 is 2.31 bits per heavy atom. The number of nitriles is 1. The van der Waals surface area contributed by atoms with E-state index in [9.17, 15) is 22.1 Å². The van der Waals surface area contributed by atoms with Crippen LogP contribution in [0.1, 0.15) is 11.1 Å². The number of H-pyrrole nitrogens is 1. The highest BCUT2D eigenvalue weighted by Crippen LogP contribution is 2.30. The summed E-state index contributed by atoms with van der Waals surface area (Å²) in [4.78, 5) is 5.08. The summed E-state index contributed by atoms with van der Waals surface area (Å²) in [5, 5.41) is 9.96. The number of aryl methyl sites for hydroxylation is 1. The van der Waals surface area contributed by atoms with Crippen molar-refractivity contribution < 1.29 is 21.6 Å². The molecule has 0 spiro atoms. The van der Waals surface area contributed by atoms with E-state index in [0.29, 0.717) is 54.9 Å². The molecule has 10 nitrogen and oxygen atoms in total. The number of methoxy groups -OCH3 is 1. The Balaban J connectivity index is 1.52. The zero-order valence-electron chi connectivity index (χ0n) is 19.5. The Kier molecular flexibility index (Phi) is 7.16. The lowest BCUT2D eigenvalue weighted by Gasteiger charge is -2.33. The number of sulfonamides is 2. The van der Waals surface area contributed by atoms with Crippen LogP contribution in [0.5, 0.6) is 0 Å². The van der Waals surface area contributed by atoms with Crippen molar-refractivity contribution in [2.45, 2.75) is 16.7 Å². The lowest BCUT2D eigenvalue weighted by atomic mass is 10.1. The number of anilines is 1. The predicted molar refractivity (Wildman–Crippen MR) is 132 cm³/mol. The molecule has 2 heterocycles. The van der Waals surface area contributed by atoms with E-state index in [0.717, 1.165) is 12.1 Å². The van der Waals surface area contributed by atoms with E-state index in [-0.39, 0.29) is 9.79 Å². The maximum absolute atomic E-state index is 13.1. The van der Waals surface area contributed by atoms with Crippen molar-refractivity contribution in [3.8, 4) is 6.07 Å². The van der Waals surface area contributed by atoms with Gasteiger partial charge in [0.05, 0.1) is 33.2 Å². The molecule has 0 atom stereocenters. The van der Waals surface area contributed by atoms with Gasteiger partial charge in [-0.15, -0.1) is 0 Å². The van der Waals surface area contributed by atoms with Gasteiger partial charge in [-0.05, 0) is 42.8 Å². The summed E-state index contributed by atoms with van der Waals surface area (Å²) in [6.07, 6.45) is 1.53. The molecule has 1 fully saturated rings. The van der Waals surface area contributed by atoms with E-state index in [4.69, 9.17) is 4.74 Å². The lowest BCUT2D eigenvalue weighted by molar-refractivity contribution is 0.123. The second-order valence-corrected chi connectivity index (χ2v) is 11.9. The molecule has 1 aliphatic rings. The molecule has 1 aliphatic heterocycles. The monoisotopic (exact) mass is 517 g/mol. The Morgan fingerprint density at radius 1 is 1.03 bits per heavy atom. The summed E-state index contributed by atoms with van der Waals surface area (Å²) in [5.74, 6) is 0. The molecule has 1 aromatic heterocycles. The number of fused-ring (bicyclic) bond motifs is 1. The number of ether oxygens (including phenoxy) is 1. The molecule has 2 N–H and O–H groups in total. The Hall–Kier alpha value is -2.95. The van der Waals surface area contributed by atoms with Crippen LogP contribution in [0.3, 0.4) is 0 Å². The standard InChI is InChI=1S/C23H27N5O5S2/c1-17-3-8-21(23-22(17)18(15-24)16-25-23)26-34(29,30)19-4-6-20(7-5-19)35(31,32)28-11-9-27(10-12-28)13-14-33-2/h3-8,16,25-26H,9-14H2,1-2H3. The van der Waals surface area contributed by atoms with Gasteiger partial charge in [-0.25, -0.2) is 16.8 Å². The van der Waals surface area contributed by atoms with Gasteiger partial charge in [0.25, 0.3) is 10.0 Å². The maximum atomic E-state index is 13.1. The largest absolute Gasteiger partial charge is 0.383 e. The van der Waals surface area contributed by atoms with Gasteiger partial charge in [-0.1, -0.05) is 6.07 Å². The average Bonchev–Trinajstić information content (AvgIpc) is 3.30. The normalized spacial score (nSPS) is 15.8. The van der Waals surface area contributed by atoms with E-state index in [1.807, 2.05) is 6.92 Å². The Bertz CT molecular complexity index is 1470. The number of hydrogen-bond acceptors (Lipinski definition) is 7. The number of benzene rings is 2. The first kappa shape index (κ1) is 25.2. The number of aromatic amines is 1. The van der Waals surface area contributed by atoms with Crippen molar-refractivity contribution in [3.63, 3.8) is 0 Å². The zero-order valence-corrected chi connectivity index (χ0v) is 21.1. The predicted octanol–water partition coefficient (Wildman–Crippen LogP) is 2.10. The Morgan fingerprint density at radius 2 is 1.69 bits per heavy atom. The van der Waals surface area contributed by atoms with Crippen molar-refractivity contribution in [2.75, 3.05) is 51.2 Å². The van der Waals surface area contributed by atoms with Crippen LogP contribution in [-0.2, 0) is 24.8 Å². The number of rotatable bonds is 8. The molecule has 0 saturated carbocycles. The van der Waals surface area contributed by atoms with E-state index in [1.54, 1.807) is 19.2 Å². The zero-order chi connectivity index (χ0) is 25.2. The van der Waals surface area contributed by atoms with E-state index in [2.05, 4.69) is 20.7 Å². The molecule has 2 aromatic carbocycles.